The number of furan rings is 1. The number of hydrogen-bond acceptors (Lipinski definition) is 3. The fourth-order valence-corrected chi connectivity index (χ4v) is 2.17. The Morgan fingerprint density at radius 2 is 1.90 bits per heavy atom. The normalized spacial score (nSPS) is 10.9. The van der Waals surface area contributed by atoms with Crippen molar-refractivity contribution in [1.82, 2.24) is 5.43 Å². The molecule has 1 aromatic heterocycles. The molecule has 104 valence electrons. The number of thiocarbonyl (C=S) groups is 1. The van der Waals surface area contributed by atoms with E-state index in [9.17, 15) is 0 Å². The van der Waals surface area contributed by atoms with Gasteiger partial charge in [0.05, 0.1) is 12.5 Å². The van der Waals surface area contributed by atoms with E-state index in [2.05, 4.69) is 28.0 Å². The molecule has 0 spiro atoms. The quantitative estimate of drug-likeness (QED) is 0.439. The second-order valence-electron chi connectivity index (χ2n) is 4.37. The second kappa shape index (κ2) is 6.19. The predicted molar refractivity (Wildman–Crippen MR) is 89.6 cm³/mol. The van der Waals surface area contributed by atoms with Gasteiger partial charge in [0.1, 0.15) is 5.76 Å². The van der Waals surface area contributed by atoms with Gasteiger partial charge >= 0.3 is 0 Å². The van der Waals surface area contributed by atoms with Crippen molar-refractivity contribution in [2.24, 2.45) is 5.10 Å². The maximum absolute atomic E-state index is 5.23. The lowest BCUT2D eigenvalue weighted by molar-refractivity contribution is 0.560. The maximum Gasteiger partial charge on any atom is 0.191 e. The fourth-order valence-electron chi connectivity index (χ4n) is 2.00. The highest BCUT2D eigenvalue weighted by Crippen LogP contribution is 2.22. The van der Waals surface area contributed by atoms with Crippen LogP contribution in [0.1, 0.15) is 5.76 Å². The Labute approximate surface area is 127 Å². The van der Waals surface area contributed by atoms with E-state index >= 15 is 0 Å². The van der Waals surface area contributed by atoms with E-state index < -0.39 is 0 Å². The van der Waals surface area contributed by atoms with E-state index in [0.29, 0.717) is 10.9 Å². The first-order valence-corrected chi connectivity index (χ1v) is 6.85. The van der Waals surface area contributed by atoms with Gasteiger partial charge in [0.15, 0.2) is 5.11 Å². The van der Waals surface area contributed by atoms with Crippen LogP contribution in [0.15, 0.2) is 70.4 Å². The van der Waals surface area contributed by atoms with Gasteiger partial charge in [0.25, 0.3) is 0 Å². The fraction of sp³-hybridized carbons (Fsp3) is 0. The van der Waals surface area contributed by atoms with Crippen LogP contribution in [0.5, 0.6) is 0 Å². The third-order valence-electron chi connectivity index (χ3n) is 2.94. The van der Waals surface area contributed by atoms with Gasteiger partial charge in [-0.2, -0.15) is 5.10 Å². The molecule has 0 fully saturated rings. The van der Waals surface area contributed by atoms with Crippen molar-refractivity contribution >= 4 is 40.0 Å². The second-order valence-corrected chi connectivity index (χ2v) is 4.77. The van der Waals surface area contributed by atoms with Crippen LogP contribution < -0.4 is 10.7 Å². The molecule has 3 aromatic rings. The molecule has 3 rings (SSSR count). The van der Waals surface area contributed by atoms with Crippen molar-refractivity contribution in [3.8, 4) is 0 Å². The molecule has 0 saturated heterocycles. The minimum Gasteiger partial charge on any atom is -0.463 e. The van der Waals surface area contributed by atoms with E-state index in [-0.39, 0.29) is 0 Å². The number of rotatable bonds is 3. The molecule has 0 aliphatic rings. The molecular weight excluding hydrogens is 282 g/mol. The van der Waals surface area contributed by atoms with Gasteiger partial charge in [0, 0.05) is 11.1 Å². The van der Waals surface area contributed by atoms with Crippen LogP contribution in [0.25, 0.3) is 10.8 Å². The van der Waals surface area contributed by atoms with Crippen molar-refractivity contribution < 1.29 is 4.42 Å². The lowest BCUT2D eigenvalue weighted by Gasteiger charge is -2.09. The van der Waals surface area contributed by atoms with E-state index in [1.54, 1.807) is 18.5 Å². The summed E-state index contributed by atoms with van der Waals surface area (Å²) in [4.78, 5) is 0. The summed E-state index contributed by atoms with van der Waals surface area (Å²) in [6, 6.07) is 17.8. The first-order chi connectivity index (χ1) is 10.3. The average molecular weight is 295 g/mol. The van der Waals surface area contributed by atoms with Crippen LogP contribution in [0.3, 0.4) is 0 Å². The summed E-state index contributed by atoms with van der Waals surface area (Å²) < 4.78 is 5.14. The van der Waals surface area contributed by atoms with Gasteiger partial charge in [-0.1, -0.05) is 36.4 Å². The molecule has 0 bridgehead atoms. The highest BCUT2D eigenvalue weighted by atomic mass is 32.1. The van der Waals surface area contributed by atoms with E-state index in [1.165, 1.54) is 0 Å². The number of fused-ring (bicyclic) bond motifs is 1. The number of hydrogen-bond donors (Lipinski definition) is 2. The SMILES string of the molecule is S=C(N/N=C\c1ccco1)Nc1cccc2ccccc12. The Morgan fingerprint density at radius 1 is 1.05 bits per heavy atom. The summed E-state index contributed by atoms with van der Waals surface area (Å²) in [5.74, 6) is 0.662. The Kier molecular flexibility index (Phi) is 3.93. The van der Waals surface area contributed by atoms with Crippen LogP contribution in [0, 0.1) is 0 Å². The average Bonchev–Trinajstić information content (AvgIpc) is 3.01. The van der Waals surface area contributed by atoms with Gasteiger partial charge in [-0.05, 0) is 35.8 Å². The third-order valence-corrected chi connectivity index (χ3v) is 3.13. The standard InChI is InChI=1S/C16H13N3OS/c21-16(19-17-11-13-7-4-10-20-13)18-15-9-3-6-12-5-1-2-8-14(12)15/h1-11H,(H2,18,19,21)/b17-11-. The van der Waals surface area contributed by atoms with Crippen LogP contribution >= 0.6 is 12.2 Å². The highest BCUT2D eigenvalue weighted by molar-refractivity contribution is 7.80. The van der Waals surface area contributed by atoms with Gasteiger partial charge in [0.2, 0.25) is 0 Å². The molecule has 0 aliphatic heterocycles. The summed E-state index contributed by atoms with van der Waals surface area (Å²) in [7, 11) is 0. The van der Waals surface area contributed by atoms with Crippen LogP contribution in [-0.4, -0.2) is 11.3 Å². The predicted octanol–water partition coefficient (Wildman–Crippen LogP) is 3.75. The zero-order valence-electron chi connectivity index (χ0n) is 11.1. The number of benzene rings is 2. The lowest BCUT2D eigenvalue weighted by atomic mass is 10.1. The van der Waals surface area contributed by atoms with Crippen LogP contribution in [0.4, 0.5) is 5.69 Å². The summed E-state index contributed by atoms with van der Waals surface area (Å²) in [6.45, 7) is 0. The third kappa shape index (κ3) is 3.27. The first kappa shape index (κ1) is 13.3. The molecule has 1 heterocycles. The number of hydrazone groups is 1. The topological polar surface area (TPSA) is 49.6 Å². The molecule has 0 saturated carbocycles. The molecule has 0 aliphatic carbocycles. The first-order valence-electron chi connectivity index (χ1n) is 6.44. The Balaban J connectivity index is 1.69. The van der Waals surface area contributed by atoms with Crippen LogP contribution in [0.2, 0.25) is 0 Å². The Bertz CT molecular complexity index is 776. The molecule has 0 amide bonds. The van der Waals surface area contributed by atoms with E-state index in [0.717, 1.165) is 16.5 Å². The minimum atomic E-state index is 0.425. The molecule has 0 radical (unpaired) electrons. The van der Waals surface area contributed by atoms with Crippen molar-refractivity contribution in [2.75, 3.05) is 5.32 Å². The van der Waals surface area contributed by atoms with Crippen molar-refractivity contribution in [3.05, 3.63) is 66.6 Å². The number of nitrogens with zero attached hydrogens (tertiary/aromatic N) is 1. The van der Waals surface area contributed by atoms with Crippen LogP contribution in [-0.2, 0) is 0 Å². The molecule has 2 aromatic carbocycles. The minimum absolute atomic E-state index is 0.425. The van der Waals surface area contributed by atoms with Crippen molar-refractivity contribution in [2.45, 2.75) is 0 Å². The highest BCUT2D eigenvalue weighted by Gasteiger charge is 2.01. The monoisotopic (exact) mass is 295 g/mol. The largest absolute Gasteiger partial charge is 0.463 e. The lowest BCUT2D eigenvalue weighted by Crippen LogP contribution is -2.23. The van der Waals surface area contributed by atoms with Crippen molar-refractivity contribution in [1.29, 1.82) is 0 Å². The smallest absolute Gasteiger partial charge is 0.191 e. The molecule has 2 N–H and O–H groups in total. The Morgan fingerprint density at radius 3 is 2.76 bits per heavy atom. The van der Waals surface area contributed by atoms with E-state index in [4.69, 9.17) is 16.6 Å². The number of nitrogens with one attached hydrogen (secondary N) is 2. The molecular formula is C16H13N3OS. The summed E-state index contributed by atoms with van der Waals surface area (Å²) in [6.07, 6.45) is 3.16. The summed E-state index contributed by atoms with van der Waals surface area (Å²) >= 11 is 5.23. The molecule has 5 heteroatoms. The maximum atomic E-state index is 5.23. The van der Waals surface area contributed by atoms with Gasteiger partial charge in [-0.3, -0.25) is 5.43 Å². The summed E-state index contributed by atoms with van der Waals surface area (Å²) in [5.41, 5.74) is 3.71. The van der Waals surface area contributed by atoms with Crippen molar-refractivity contribution in [3.63, 3.8) is 0 Å². The molecule has 4 nitrogen and oxygen atoms in total. The zero-order chi connectivity index (χ0) is 14.5. The van der Waals surface area contributed by atoms with Gasteiger partial charge < -0.3 is 9.73 Å². The zero-order valence-corrected chi connectivity index (χ0v) is 11.9. The van der Waals surface area contributed by atoms with E-state index in [1.807, 2.05) is 36.4 Å². The molecule has 21 heavy (non-hydrogen) atoms. The molecule has 0 unspecified atom stereocenters. The molecule has 0 atom stereocenters. The number of anilines is 1. The van der Waals surface area contributed by atoms with Gasteiger partial charge in [-0.15, -0.1) is 0 Å². The Hall–Kier alpha value is -2.66. The van der Waals surface area contributed by atoms with Gasteiger partial charge in [-0.25, -0.2) is 0 Å². The summed E-state index contributed by atoms with van der Waals surface area (Å²) in [5, 5.41) is 9.85.